The highest BCUT2D eigenvalue weighted by molar-refractivity contribution is 5.96. The van der Waals surface area contributed by atoms with Gasteiger partial charge >= 0.3 is 5.97 Å². The summed E-state index contributed by atoms with van der Waals surface area (Å²) in [6, 6.07) is 9.55. The third kappa shape index (κ3) is 4.68. The van der Waals surface area contributed by atoms with Crippen LogP contribution in [0.1, 0.15) is 49.4 Å². The summed E-state index contributed by atoms with van der Waals surface area (Å²) in [5, 5.41) is 6.61. The van der Waals surface area contributed by atoms with E-state index >= 15 is 0 Å². The quantitative estimate of drug-likeness (QED) is 0.770. The normalized spacial score (nSPS) is 14.8. The number of para-hydroxylation sites is 1. The summed E-state index contributed by atoms with van der Waals surface area (Å²) in [6.07, 6.45) is 7.92. The van der Waals surface area contributed by atoms with Crippen LogP contribution in [0, 0.1) is 0 Å². The fraction of sp³-hybridized carbons (Fsp3) is 0.421. The van der Waals surface area contributed by atoms with Gasteiger partial charge in [-0.15, -0.1) is 0 Å². The topological polar surface area (TPSA) is 76.1 Å². The fourth-order valence-electron chi connectivity index (χ4n) is 3.05. The lowest BCUT2D eigenvalue weighted by atomic mass is 9.95. The number of carbonyl (C=O) groups excluding carboxylic acids is 1. The number of carbonyl (C=O) groups is 1. The molecule has 1 aromatic carbocycles. The van der Waals surface area contributed by atoms with Gasteiger partial charge in [0, 0.05) is 12.2 Å². The van der Waals surface area contributed by atoms with E-state index in [0.717, 1.165) is 5.82 Å². The number of aromatic nitrogens is 2. The summed E-state index contributed by atoms with van der Waals surface area (Å²) in [6.45, 7) is 2.13. The van der Waals surface area contributed by atoms with Gasteiger partial charge < -0.3 is 15.4 Å². The van der Waals surface area contributed by atoms with Crippen molar-refractivity contribution < 1.29 is 9.53 Å². The minimum atomic E-state index is -0.359. The maximum Gasteiger partial charge on any atom is 0.340 e. The number of hydrogen-bond donors (Lipinski definition) is 2. The van der Waals surface area contributed by atoms with Crippen LogP contribution >= 0.6 is 0 Å². The summed E-state index contributed by atoms with van der Waals surface area (Å²) in [5.74, 6) is 0.901. The third-order valence-corrected chi connectivity index (χ3v) is 4.28. The Morgan fingerprint density at radius 1 is 1.20 bits per heavy atom. The summed E-state index contributed by atoms with van der Waals surface area (Å²) in [4.78, 5) is 20.9. The Morgan fingerprint density at radius 3 is 2.80 bits per heavy atom. The summed E-state index contributed by atoms with van der Waals surface area (Å²) in [7, 11) is 0. The van der Waals surface area contributed by atoms with Crippen molar-refractivity contribution in [3.05, 3.63) is 42.1 Å². The molecule has 25 heavy (non-hydrogen) atoms. The second-order valence-electron chi connectivity index (χ2n) is 6.14. The molecule has 0 aliphatic heterocycles. The number of ether oxygens (including phenoxy) is 1. The molecule has 1 aromatic heterocycles. The second-order valence-corrected chi connectivity index (χ2v) is 6.14. The van der Waals surface area contributed by atoms with Crippen LogP contribution in [0.2, 0.25) is 0 Å². The van der Waals surface area contributed by atoms with E-state index in [-0.39, 0.29) is 5.97 Å². The molecule has 1 aliphatic carbocycles. The minimum Gasteiger partial charge on any atom is -0.462 e. The molecular weight excluding hydrogens is 316 g/mol. The highest BCUT2D eigenvalue weighted by Gasteiger charge is 2.15. The molecule has 6 heteroatoms. The zero-order chi connectivity index (χ0) is 17.5. The first-order chi connectivity index (χ1) is 12.3. The molecule has 1 heterocycles. The molecule has 6 nitrogen and oxygen atoms in total. The Balaban J connectivity index is 1.73. The SMILES string of the molecule is CCOC(=O)c1ccccc1Nc1nccc(NC2CCCCC2)n1. The first-order valence-electron chi connectivity index (χ1n) is 8.89. The third-order valence-electron chi connectivity index (χ3n) is 4.28. The van der Waals surface area contributed by atoms with Gasteiger partial charge in [-0.2, -0.15) is 4.98 Å². The average molecular weight is 340 g/mol. The molecule has 0 spiro atoms. The van der Waals surface area contributed by atoms with Crippen LogP contribution in [0.4, 0.5) is 17.5 Å². The van der Waals surface area contributed by atoms with Crippen LogP contribution in [-0.4, -0.2) is 28.6 Å². The Labute approximate surface area is 148 Å². The van der Waals surface area contributed by atoms with E-state index in [2.05, 4.69) is 20.6 Å². The second kappa shape index (κ2) is 8.46. The molecule has 1 saturated carbocycles. The number of hydrogen-bond acceptors (Lipinski definition) is 6. The van der Waals surface area contributed by atoms with Gasteiger partial charge in [-0.1, -0.05) is 31.4 Å². The fourth-order valence-corrected chi connectivity index (χ4v) is 3.05. The number of esters is 1. The Kier molecular flexibility index (Phi) is 5.82. The van der Waals surface area contributed by atoms with Crippen LogP contribution in [0.25, 0.3) is 0 Å². The zero-order valence-electron chi connectivity index (χ0n) is 14.5. The Hall–Kier alpha value is -2.63. The molecule has 2 N–H and O–H groups in total. The molecule has 0 unspecified atom stereocenters. The van der Waals surface area contributed by atoms with Crippen molar-refractivity contribution in [3.63, 3.8) is 0 Å². The van der Waals surface area contributed by atoms with Crippen molar-refractivity contribution in [2.75, 3.05) is 17.2 Å². The van der Waals surface area contributed by atoms with Crippen LogP contribution < -0.4 is 10.6 Å². The first-order valence-corrected chi connectivity index (χ1v) is 8.89. The zero-order valence-corrected chi connectivity index (χ0v) is 14.5. The minimum absolute atomic E-state index is 0.338. The van der Waals surface area contributed by atoms with Crippen molar-refractivity contribution in [3.8, 4) is 0 Å². The number of rotatable bonds is 6. The van der Waals surface area contributed by atoms with Gasteiger partial charge in [-0.3, -0.25) is 0 Å². The van der Waals surface area contributed by atoms with Crippen LogP contribution in [0.15, 0.2) is 36.5 Å². The van der Waals surface area contributed by atoms with Crippen molar-refractivity contribution >= 4 is 23.4 Å². The molecule has 3 rings (SSSR count). The van der Waals surface area contributed by atoms with E-state index in [4.69, 9.17) is 4.74 Å². The lowest BCUT2D eigenvalue weighted by Crippen LogP contribution is -2.23. The van der Waals surface area contributed by atoms with E-state index in [9.17, 15) is 4.79 Å². The van der Waals surface area contributed by atoms with Crippen molar-refractivity contribution in [2.45, 2.75) is 45.1 Å². The number of nitrogens with one attached hydrogen (secondary N) is 2. The first kappa shape index (κ1) is 17.2. The molecule has 0 atom stereocenters. The highest BCUT2D eigenvalue weighted by atomic mass is 16.5. The largest absolute Gasteiger partial charge is 0.462 e. The van der Waals surface area contributed by atoms with Gasteiger partial charge in [0.1, 0.15) is 5.82 Å². The molecular formula is C19H24N4O2. The molecule has 2 aromatic rings. The van der Waals surface area contributed by atoms with Crippen molar-refractivity contribution in [1.29, 1.82) is 0 Å². The summed E-state index contributed by atoms with van der Waals surface area (Å²) < 4.78 is 5.10. The van der Waals surface area contributed by atoms with Gasteiger partial charge in [-0.25, -0.2) is 9.78 Å². The van der Waals surface area contributed by atoms with E-state index in [1.54, 1.807) is 25.3 Å². The highest BCUT2D eigenvalue weighted by Crippen LogP contribution is 2.23. The molecule has 1 fully saturated rings. The predicted molar refractivity (Wildman–Crippen MR) is 98.2 cm³/mol. The Morgan fingerprint density at radius 2 is 2.00 bits per heavy atom. The number of benzene rings is 1. The van der Waals surface area contributed by atoms with Gasteiger partial charge in [0.25, 0.3) is 0 Å². The number of nitrogens with zero attached hydrogens (tertiary/aromatic N) is 2. The predicted octanol–water partition coefficient (Wildman–Crippen LogP) is 4.14. The van der Waals surface area contributed by atoms with Gasteiger partial charge in [0.05, 0.1) is 17.9 Å². The van der Waals surface area contributed by atoms with Gasteiger partial charge in [-0.05, 0) is 38.0 Å². The van der Waals surface area contributed by atoms with Crippen molar-refractivity contribution in [1.82, 2.24) is 9.97 Å². The lowest BCUT2D eigenvalue weighted by molar-refractivity contribution is 0.0527. The van der Waals surface area contributed by atoms with E-state index < -0.39 is 0 Å². The van der Waals surface area contributed by atoms with Gasteiger partial charge in [0.2, 0.25) is 5.95 Å². The maximum atomic E-state index is 12.1. The van der Waals surface area contributed by atoms with E-state index in [0.29, 0.717) is 29.8 Å². The van der Waals surface area contributed by atoms with Crippen LogP contribution in [-0.2, 0) is 4.74 Å². The van der Waals surface area contributed by atoms with Gasteiger partial charge in [0.15, 0.2) is 0 Å². The van der Waals surface area contributed by atoms with Crippen LogP contribution in [0.5, 0.6) is 0 Å². The monoisotopic (exact) mass is 340 g/mol. The molecule has 0 radical (unpaired) electrons. The molecule has 1 aliphatic rings. The smallest absolute Gasteiger partial charge is 0.340 e. The molecule has 0 bridgehead atoms. The standard InChI is InChI=1S/C19H24N4O2/c1-2-25-18(24)15-10-6-7-11-16(15)22-19-20-13-12-17(23-19)21-14-8-4-3-5-9-14/h6-7,10-14H,2-5,8-9H2,1H3,(H2,20,21,22,23). The van der Waals surface area contributed by atoms with E-state index in [1.165, 1.54) is 32.1 Å². The molecule has 0 amide bonds. The van der Waals surface area contributed by atoms with Crippen molar-refractivity contribution in [2.24, 2.45) is 0 Å². The average Bonchev–Trinajstić information content (AvgIpc) is 2.63. The molecule has 132 valence electrons. The Bertz CT molecular complexity index is 714. The van der Waals surface area contributed by atoms with E-state index in [1.807, 2.05) is 18.2 Å². The van der Waals surface area contributed by atoms with Crippen LogP contribution in [0.3, 0.4) is 0 Å². The molecule has 0 saturated heterocycles. The number of anilines is 3. The lowest BCUT2D eigenvalue weighted by Gasteiger charge is -2.23. The summed E-state index contributed by atoms with van der Waals surface area (Å²) >= 11 is 0. The summed E-state index contributed by atoms with van der Waals surface area (Å²) in [5.41, 5.74) is 1.11. The maximum absolute atomic E-state index is 12.1.